The number of aliphatic hydroxyl groups is 1. The molecule has 1 heterocycles. The van der Waals surface area contributed by atoms with Gasteiger partial charge in [-0.1, -0.05) is 29.8 Å². The quantitative estimate of drug-likeness (QED) is 0.731. The number of carbonyl (C=O) groups is 1. The van der Waals surface area contributed by atoms with Crippen molar-refractivity contribution in [1.29, 1.82) is 0 Å². The summed E-state index contributed by atoms with van der Waals surface area (Å²) in [5.41, 5.74) is -0.184. The molecule has 144 valence electrons. The van der Waals surface area contributed by atoms with E-state index < -0.39 is 17.2 Å². The minimum absolute atomic E-state index is 0.165. The largest absolute Gasteiger partial charge is 0.385 e. The minimum atomic E-state index is -1.08. The van der Waals surface area contributed by atoms with Gasteiger partial charge in [0.2, 0.25) is 0 Å². The third kappa shape index (κ3) is 4.72. The molecule has 3 nitrogen and oxygen atoms in total. The first-order valence-electron chi connectivity index (χ1n) is 9.07. The van der Waals surface area contributed by atoms with Gasteiger partial charge in [-0.05, 0) is 55.6 Å². The van der Waals surface area contributed by atoms with Gasteiger partial charge in [-0.3, -0.25) is 4.79 Å². The molecule has 0 aliphatic carbocycles. The maximum absolute atomic E-state index is 13.7. The van der Waals surface area contributed by atoms with Crippen molar-refractivity contribution in [3.8, 4) is 0 Å². The molecule has 27 heavy (non-hydrogen) atoms. The van der Waals surface area contributed by atoms with Gasteiger partial charge in [0.15, 0.2) is 17.4 Å². The summed E-state index contributed by atoms with van der Waals surface area (Å²) in [4.78, 5) is 14.3. The van der Waals surface area contributed by atoms with Crippen molar-refractivity contribution in [3.63, 3.8) is 0 Å². The van der Waals surface area contributed by atoms with E-state index in [1.165, 1.54) is 12.1 Å². The second-order valence-corrected chi connectivity index (χ2v) is 7.44. The Morgan fingerprint density at radius 1 is 1.11 bits per heavy atom. The number of piperidine rings is 1. The lowest BCUT2D eigenvalue weighted by Crippen LogP contribution is -2.42. The summed E-state index contributed by atoms with van der Waals surface area (Å²) in [5.74, 6) is -2.46. The van der Waals surface area contributed by atoms with Gasteiger partial charge in [-0.25, -0.2) is 8.78 Å². The first-order chi connectivity index (χ1) is 12.9. The van der Waals surface area contributed by atoms with Crippen LogP contribution in [0.15, 0.2) is 42.5 Å². The first kappa shape index (κ1) is 19.9. The average molecular weight is 394 g/mol. The third-order valence-corrected chi connectivity index (χ3v) is 5.45. The number of nitrogens with zero attached hydrogens (tertiary/aromatic N) is 1. The monoisotopic (exact) mass is 393 g/mol. The van der Waals surface area contributed by atoms with E-state index in [1.807, 2.05) is 12.1 Å². The number of benzene rings is 2. The zero-order valence-corrected chi connectivity index (χ0v) is 15.7. The lowest BCUT2D eigenvalue weighted by atomic mass is 9.84. The number of hydrogen-bond acceptors (Lipinski definition) is 3. The molecule has 0 aromatic heterocycles. The number of carbonyl (C=O) groups excluding carboxylic acids is 1. The van der Waals surface area contributed by atoms with Crippen LogP contribution < -0.4 is 0 Å². The van der Waals surface area contributed by atoms with Crippen LogP contribution in [0, 0.1) is 11.6 Å². The molecular formula is C21H22ClF2NO2. The van der Waals surface area contributed by atoms with Crippen LogP contribution in [0.5, 0.6) is 0 Å². The summed E-state index contributed by atoms with van der Waals surface area (Å²) in [6.45, 7) is 2.10. The predicted octanol–water partition coefficient (Wildman–Crippen LogP) is 4.56. The molecule has 1 aliphatic heterocycles. The van der Waals surface area contributed by atoms with Crippen LogP contribution in [-0.4, -0.2) is 35.4 Å². The summed E-state index contributed by atoms with van der Waals surface area (Å²) >= 11 is 5.90. The highest BCUT2D eigenvalue weighted by molar-refractivity contribution is 6.30. The van der Waals surface area contributed by atoms with Gasteiger partial charge in [-0.15, -0.1) is 0 Å². The van der Waals surface area contributed by atoms with Crippen LogP contribution in [0.4, 0.5) is 8.78 Å². The Hall–Kier alpha value is -1.82. The van der Waals surface area contributed by atoms with Crippen molar-refractivity contribution in [2.75, 3.05) is 19.6 Å². The molecule has 0 unspecified atom stereocenters. The van der Waals surface area contributed by atoms with E-state index in [2.05, 4.69) is 4.90 Å². The lowest BCUT2D eigenvalue weighted by molar-refractivity contribution is -0.0260. The van der Waals surface area contributed by atoms with Crippen LogP contribution in [0.1, 0.15) is 41.6 Å². The summed E-state index contributed by atoms with van der Waals surface area (Å²) in [6.07, 6.45) is 1.93. The van der Waals surface area contributed by atoms with Gasteiger partial charge < -0.3 is 10.0 Å². The van der Waals surface area contributed by atoms with Gasteiger partial charge in [-0.2, -0.15) is 0 Å². The molecule has 2 aromatic rings. The zero-order valence-electron chi connectivity index (χ0n) is 14.9. The Morgan fingerprint density at radius 2 is 1.78 bits per heavy atom. The normalized spacial score (nSPS) is 17.0. The van der Waals surface area contributed by atoms with Crippen LogP contribution in [-0.2, 0) is 5.60 Å². The Bertz CT molecular complexity index is 802. The number of hydrogen-bond donors (Lipinski definition) is 1. The molecule has 6 heteroatoms. The standard InChI is InChI=1S/C21H22ClF2NO2/c22-16-8-6-15(7-9-16)21(27)10-13-25(14-11-21)12-2-5-19(26)17-3-1-4-18(23)20(17)24/h1,3-4,6-9,27H,2,5,10-14H2. The number of ketones is 1. The topological polar surface area (TPSA) is 40.5 Å². The highest BCUT2D eigenvalue weighted by Gasteiger charge is 2.33. The number of halogens is 3. The van der Waals surface area contributed by atoms with E-state index in [4.69, 9.17) is 11.6 Å². The van der Waals surface area contributed by atoms with Crippen LogP contribution >= 0.6 is 11.6 Å². The van der Waals surface area contributed by atoms with Crippen molar-refractivity contribution in [3.05, 3.63) is 70.2 Å². The van der Waals surface area contributed by atoms with Crippen LogP contribution in [0.2, 0.25) is 5.02 Å². The van der Waals surface area contributed by atoms with Gasteiger partial charge >= 0.3 is 0 Å². The average Bonchev–Trinajstić information content (AvgIpc) is 2.66. The Kier molecular flexibility index (Phi) is 6.25. The molecule has 0 amide bonds. The Morgan fingerprint density at radius 3 is 2.44 bits per heavy atom. The molecule has 1 N–H and O–H groups in total. The third-order valence-electron chi connectivity index (χ3n) is 5.19. The minimum Gasteiger partial charge on any atom is -0.385 e. The van der Waals surface area contributed by atoms with Gasteiger partial charge in [0, 0.05) is 24.5 Å². The fourth-order valence-electron chi connectivity index (χ4n) is 3.51. The Balaban J connectivity index is 1.48. The molecule has 1 aliphatic rings. The van der Waals surface area contributed by atoms with E-state index in [0.29, 0.717) is 43.9 Å². The molecule has 0 spiro atoms. The van der Waals surface area contributed by atoms with E-state index >= 15 is 0 Å². The summed E-state index contributed by atoms with van der Waals surface area (Å²) < 4.78 is 26.9. The molecule has 3 rings (SSSR count). The predicted molar refractivity (Wildman–Crippen MR) is 101 cm³/mol. The second kappa shape index (κ2) is 8.46. The molecule has 2 aromatic carbocycles. The molecule has 0 radical (unpaired) electrons. The van der Waals surface area contributed by atoms with Crippen molar-refractivity contribution in [2.45, 2.75) is 31.3 Å². The molecule has 1 saturated heterocycles. The number of Topliss-reactive ketones (excluding diaryl/α,β-unsaturated/α-hetero) is 1. The van der Waals surface area contributed by atoms with E-state index in [1.54, 1.807) is 12.1 Å². The van der Waals surface area contributed by atoms with E-state index in [9.17, 15) is 18.7 Å². The van der Waals surface area contributed by atoms with Crippen LogP contribution in [0.25, 0.3) is 0 Å². The smallest absolute Gasteiger partial charge is 0.169 e. The summed E-state index contributed by atoms with van der Waals surface area (Å²) in [6, 6.07) is 10.9. The van der Waals surface area contributed by atoms with Gasteiger partial charge in [0.05, 0.1) is 11.2 Å². The van der Waals surface area contributed by atoms with Crippen molar-refractivity contribution < 1.29 is 18.7 Å². The lowest BCUT2D eigenvalue weighted by Gasteiger charge is -2.38. The van der Waals surface area contributed by atoms with E-state index in [-0.39, 0.29) is 17.8 Å². The van der Waals surface area contributed by atoms with Crippen molar-refractivity contribution >= 4 is 17.4 Å². The Labute approximate surface area is 162 Å². The van der Waals surface area contributed by atoms with Crippen LogP contribution in [0.3, 0.4) is 0 Å². The maximum Gasteiger partial charge on any atom is 0.169 e. The molecule has 0 bridgehead atoms. The fourth-order valence-corrected chi connectivity index (χ4v) is 3.64. The van der Waals surface area contributed by atoms with Gasteiger partial charge in [0.1, 0.15) is 0 Å². The van der Waals surface area contributed by atoms with Crippen molar-refractivity contribution in [1.82, 2.24) is 4.90 Å². The molecular weight excluding hydrogens is 372 g/mol. The second-order valence-electron chi connectivity index (χ2n) is 7.01. The number of rotatable bonds is 6. The molecule has 0 atom stereocenters. The maximum atomic E-state index is 13.7. The zero-order chi connectivity index (χ0) is 19.4. The summed E-state index contributed by atoms with van der Waals surface area (Å²) in [7, 11) is 0. The van der Waals surface area contributed by atoms with Gasteiger partial charge in [0.25, 0.3) is 0 Å². The summed E-state index contributed by atoms with van der Waals surface area (Å²) in [5, 5.41) is 11.5. The molecule has 1 fully saturated rings. The first-order valence-corrected chi connectivity index (χ1v) is 9.45. The molecule has 0 saturated carbocycles. The fraction of sp³-hybridized carbons (Fsp3) is 0.381. The van der Waals surface area contributed by atoms with E-state index in [0.717, 1.165) is 11.6 Å². The SMILES string of the molecule is O=C(CCCN1CCC(O)(c2ccc(Cl)cc2)CC1)c1cccc(F)c1F. The van der Waals surface area contributed by atoms with Crippen molar-refractivity contribution in [2.24, 2.45) is 0 Å². The highest BCUT2D eigenvalue weighted by atomic mass is 35.5. The number of likely N-dealkylation sites (tertiary alicyclic amines) is 1. The highest BCUT2D eigenvalue weighted by Crippen LogP contribution is 2.33.